The van der Waals surface area contributed by atoms with Gasteiger partial charge in [0.25, 0.3) is 10.0 Å². The number of anilines is 3. The van der Waals surface area contributed by atoms with E-state index in [1.165, 1.54) is 24.3 Å². The van der Waals surface area contributed by atoms with Crippen LogP contribution < -0.4 is 14.5 Å². The number of hydrogen-bond donors (Lipinski definition) is 1. The Balaban J connectivity index is 1.64. The first-order valence-corrected chi connectivity index (χ1v) is 13.4. The normalized spacial score (nSPS) is 13.7. The molecule has 0 saturated carbocycles. The average Bonchev–Trinajstić information content (AvgIpc) is 3.26. The number of halogens is 1. The summed E-state index contributed by atoms with van der Waals surface area (Å²) < 4.78 is 28.3. The fraction of sp³-hybridized carbons (Fsp3) is 0.259. The van der Waals surface area contributed by atoms with Gasteiger partial charge in [0.2, 0.25) is 11.8 Å². The number of amides is 2. The molecule has 1 saturated heterocycles. The Kier molecular flexibility index (Phi) is 7.38. The van der Waals surface area contributed by atoms with Crippen LogP contribution in [0.4, 0.5) is 17.1 Å². The summed E-state index contributed by atoms with van der Waals surface area (Å²) in [7, 11) is -4.06. The maximum absolute atomic E-state index is 13.6. The summed E-state index contributed by atoms with van der Waals surface area (Å²) >= 11 is 5.95. The fourth-order valence-electron chi connectivity index (χ4n) is 4.14. The quantitative estimate of drug-likeness (QED) is 0.458. The Morgan fingerprint density at radius 2 is 1.67 bits per heavy atom. The van der Waals surface area contributed by atoms with E-state index in [1.54, 1.807) is 29.2 Å². The van der Waals surface area contributed by atoms with Gasteiger partial charge < -0.3 is 10.2 Å². The molecule has 1 aliphatic heterocycles. The Bertz CT molecular complexity index is 1420. The molecule has 0 aromatic heterocycles. The molecule has 1 aliphatic rings. The highest BCUT2D eigenvalue weighted by atomic mass is 35.5. The van der Waals surface area contributed by atoms with E-state index < -0.39 is 22.5 Å². The van der Waals surface area contributed by atoms with Crippen molar-refractivity contribution in [3.8, 4) is 0 Å². The molecule has 0 bridgehead atoms. The van der Waals surface area contributed by atoms with Crippen LogP contribution >= 0.6 is 11.6 Å². The SMILES string of the molecule is Cc1ccc(N(CC(=O)Nc2ccc(C)c(N3CCCC3=O)c2)S(=O)(=O)c2ccc(Cl)cc2)cc1C. The molecule has 3 aromatic rings. The van der Waals surface area contributed by atoms with E-state index in [1.807, 2.05) is 32.9 Å². The van der Waals surface area contributed by atoms with Crippen molar-refractivity contribution in [3.63, 3.8) is 0 Å². The summed E-state index contributed by atoms with van der Waals surface area (Å²) in [5.74, 6) is -0.454. The third-order valence-electron chi connectivity index (χ3n) is 6.32. The van der Waals surface area contributed by atoms with Gasteiger partial charge in [-0.3, -0.25) is 13.9 Å². The standard InChI is InChI=1S/C27H28ClN3O4S/c1-18-7-11-23(15-20(18)3)31(36(34,35)24-12-8-21(28)9-13-24)17-26(32)29-22-10-6-19(2)25(16-22)30-14-4-5-27(30)33/h6-13,15-16H,4-5,14,17H2,1-3H3,(H,29,32). The highest BCUT2D eigenvalue weighted by Gasteiger charge is 2.28. The van der Waals surface area contributed by atoms with Crippen molar-refractivity contribution in [3.05, 3.63) is 82.4 Å². The number of hydrogen-bond acceptors (Lipinski definition) is 4. The first kappa shape index (κ1) is 25.7. The highest BCUT2D eigenvalue weighted by Crippen LogP contribution is 2.29. The third-order valence-corrected chi connectivity index (χ3v) is 8.36. The van der Waals surface area contributed by atoms with Crippen molar-refractivity contribution >= 4 is 50.5 Å². The van der Waals surface area contributed by atoms with Gasteiger partial charge in [0, 0.05) is 29.4 Å². The molecule has 1 heterocycles. The van der Waals surface area contributed by atoms with Crippen LogP contribution in [0.5, 0.6) is 0 Å². The molecule has 36 heavy (non-hydrogen) atoms. The van der Waals surface area contributed by atoms with Crippen LogP contribution in [-0.2, 0) is 19.6 Å². The van der Waals surface area contributed by atoms with Gasteiger partial charge >= 0.3 is 0 Å². The highest BCUT2D eigenvalue weighted by molar-refractivity contribution is 7.92. The Hall–Kier alpha value is -3.36. The maximum Gasteiger partial charge on any atom is 0.264 e. The van der Waals surface area contributed by atoms with Gasteiger partial charge in [0.05, 0.1) is 10.6 Å². The van der Waals surface area contributed by atoms with E-state index >= 15 is 0 Å². The molecule has 188 valence electrons. The van der Waals surface area contributed by atoms with Gasteiger partial charge in [-0.2, -0.15) is 0 Å². The number of rotatable bonds is 7. The molecule has 7 nitrogen and oxygen atoms in total. The van der Waals surface area contributed by atoms with Gasteiger partial charge in [-0.15, -0.1) is 0 Å². The summed E-state index contributed by atoms with van der Waals surface area (Å²) in [4.78, 5) is 27.1. The predicted molar refractivity (Wildman–Crippen MR) is 143 cm³/mol. The second-order valence-electron chi connectivity index (χ2n) is 8.93. The lowest BCUT2D eigenvalue weighted by atomic mass is 10.1. The lowest BCUT2D eigenvalue weighted by molar-refractivity contribution is -0.117. The van der Waals surface area contributed by atoms with Crippen LogP contribution in [-0.4, -0.2) is 33.3 Å². The van der Waals surface area contributed by atoms with Crippen LogP contribution in [0.1, 0.15) is 29.5 Å². The molecule has 0 spiro atoms. The Labute approximate surface area is 216 Å². The summed E-state index contributed by atoms with van der Waals surface area (Å²) in [6, 6.07) is 16.4. The zero-order chi connectivity index (χ0) is 26.0. The van der Waals surface area contributed by atoms with E-state index in [0.717, 1.165) is 33.1 Å². The van der Waals surface area contributed by atoms with Crippen LogP contribution in [0, 0.1) is 20.8 Å². The van der Waals surface area contributed by atoms with Gasteiger partial charge in [-0.05, 0) is 92.4 Å². The van der Waals surface area contributed by atoms with E-state index in [-0.39, 0.29) is 10.8 Å². The molecule has 0 aliphatic carbocycles. The summed E-state index contributed by atoms with van der Waals surface area (Å²) in [6.45, 7) is 5.94. The largest absolute Gasteiger partial charge is 0.324 e. The summed E-state index contributed by atoms with van der Waals surface area (Å²) in [6.07, 6.45) is 1.30. The van der Waals surface area contributed by atoms with Crippen LogP contribution in [0.25, 0.3) is 0 Å². The molecule has 1 N–H and O–H groups in total. The minimum atomic E-state index is -4.06. The number of benzene rings is 3. The Morgan fingerprint density at radius 3 is 2.31 bits per heavy atom. The number of aryl methyl sites for hydroxylation is 3. The molecular formula is C27H28ClN3O4S. The lowest BCUT2D eigenvalue weighted by Gasteiger charge is -2.25. The topological polar surface area (TPSA) is 86.8 Å². The molecule has 0 unspecified atom stereocenters. The van der Waals surface area contributed by atoms with E-state index in [2.05, 4.69) is 5.32 Å². The van der Waals surface area contributed by atoms with Gasteiger partial charge in [0.15, 0.2) is 0 Å². The molecule has 2 amide bonds. The lowest BCUT2D eigenvalue weighted by Crippen LogP contribution is -2.38. The van der Waals surface area contributed by atoms with Crippen molar-refractivity contribution in [2.45, 2.75) is 38.5 Å². The summed E-state index contributed by atoms with van der Waals surface area (Å²) in [5.41, 5.74) is 4.46. The molecule has 3 aromatic carbocycles. The van der Waals surface area contributed by atoms with E-state index in [4.69, 9.17) is 11.6 Å². The van der Waals surface area contributed by atoms with Gasteiger partial charge in [-0.1, -0.05) is 23.7 Å². The van der Waals surface area contributed by atoms with Crippen LogP contribution in [0.15, 0.2) is 65.6 Å². The number of carbonyl (C=O) groups is 2. The number of nitrogens with zero attached hydrogens (tertiary/aromatic N) is 2. The zero-order valence-corrected chi connectivity index (χ0v) is 22.0. The Morgan fingerprint density at radius 1 is 0.972 bits per heavy atom. The van der Waals surface area contributed by atoms with Crippen LogP contribution in [0.3, 0.4) is 0 Å². The third kappa shape index (κ3) is 5.39. The van der Waals surface area contributed by atoms with Crippen molar-refractivity contribution in [2.24, 2.45) is 0 Å². The first-order valence-electron chi connectivity index (χ1n) is 11.6. The second-order valence-corrected chi connectivity index (χ2v) is 11.2. The average molecular weight is 526 g/mol. The van der Waals surface area contributed by atoms with E-state index in [0.29, 0.717) is 29.4 Å². The van der Waals surface area contributed by atoms with Gasteiger partial charge in [0.1, 0.15) is 6.54 Å². The van der Waals surface area contributed by atoms with Crippen molar-refractivity contribution in [2.75, 3.05) is 27.6 Å². The van der Waals surface area contributed by atoms with E-state index in [9.17, 15) is 18.0 Å². The number of sulfonamides is 1. The minimum Gasteiger partial charge on any atom is -0.324 e. The fourth-order valence-corrected chi connectivity index (χ4v) is 5.68. The first-order chi connectivity index (χ1) is 17.1. The summed E-state index contributed by atoms with van der Waals surface area (Å²) in [5, 5.41) is 3.22. The number of carbonyl (C=O) groups excluding carboxylic acids is 2. The molecule has 4 rings (SSSR count). The van der Waals surface area contributed by atoms with Gasteiger partial charge in [-0.25, -0.2) is 8.42 Å². The molecule has 1 fully saturated rings. The molecule has 0 radical (unpaired) electrons. The molecule has 0 atom stereocenters. The zero-order valence-electron chi connectivity index (χ0n) is 20.4. The molecule has 9 heteroatoms. The monoisotopic (exact) mass is 525 g/mol. The maximum atomic E-state index is 13.6. The number of nitrogens with one attached hydrogen (secondary N) is 1. The van der Waals surface area contributed by atoms with Crippen molar-refractivity contribution < 1.29 is 18.0 Å². The van der Waals surface area contributed by atoms with Crippen molar-refractivity contribution in [1.29, 1.82) is 0 Å². The second kappa shape index (κ2) is 10.3. The minimum absolute atomic E-state index is 0.0306. The van der Waals surface area contributed by atoms with Crippen molar-refractivity contribution in [1.82, 2.24) is 0 Å². The predicted octanol–water partition coefficient (Wildman–Crippen LogP) is 5.23. The smallest absolute Gasteiger partial charge is 0.264 e. The van der Waals surface area contributed by atoms with Crippen LogP contribution in [0.2, 0.25) is 5.02 Å². The molecular weight excluding hydrogens is 498 g/mol.